The Morgan fingerprint density at radius 3 is 2.15 bits per heavy atom. The molecule has 1 aromatic carbocycles. The Hall–Kier alpha value is -1.52. The van der Waals surface area contributed by atoms with Crippen molar-refractivity contribution in [2.75, 3.05) is 34.2 Å². The van der Waals surface area contributed by atoms with E-state index < -0.39 is 17.5 Å². The number of benzene rings is 1. The van der Waals surface area contributed by atoms with Crippen molar-refractivity contribution in [2.24, 2.45) is 10.9 Å². The molecule has 5 nitrogen and oxygen atoms in total. The van der Waals surface area contributed by atoms with E-state index in [4.69, 9.17) is 0 Å². The zero-order valence-electron chi connectivity index (χ0n) is 15.6. The molecule has 0 aliphatic rings. The molecule has 0 bridgehead atoms. The van der Waals surface area contributed by atoms with Gasteiger partial charge in [-0.1, -0.05) is 13.8 Å². The van der Waals surface area contributed by atoms with Gasteiger partial charge in [0.1, 0.15) is 6.54 Å². The number of guanidine groups is 1. The number of nitrogens with zero attached hydrogens (tertiary/aromatic N) is 3. The first-order valence-corrected chi connectivity index (χ1v) is 7.94. The van der Waals surface area contributed by atoms with E-state index in [2.05, 4.69) is 10.3 Å². The quantitative estimate of drug-likeness (QED) is 0.291. The molecule has 0 spiro atoms. The van der Waals surface area contributed by atoms with Gasteiger partial charge in [-0.25, -0.2) is 18.2 Å². The van der Waals surface area contributed by atoms with Crippen molar-refractivity contribution in [1.29, 1.82) is 0 Å². The largest absolute Gasteiger partial charge is 0.356 e. The van der Waals surface area contributed by atoms with E-state index in [1.165, 1.54) is 4.90 Å². The van der Waals surface area contributed by atoms with Gasteiger partial charge in [0.15, 0.2) is 23.4 Å². The van der Waals surface area contributed by atoms with E-state index in [1.54, 1.807) is 26.0 Å². The van der Waals surface area contributed by atoms with Gasteiger partial charge >= 0.3 is 0 Å². The highest BCUT2D eigenvalue weighted by Crippen LogP contribution is 2.15. The Morgan fingerprint density at radius 1 is 1.15 bits per heavy atom. The standard InChI is InChI=1S/C17H25F3N4O.HI/c1-11(2)8-21-17(22-9-15(25)23(3)4)24(5)10-12-6-13(18)16(20)14(19)7-12;/h6-7,11H,8-10H2,1-5H3,(H,21,22);1H. The van der Waals surface area contributed by atoms with E-state index in [1.807, 2.05) is 13.8 Å². The van der Waals surface area contributed by atoms with Crippen LogP contribution in [0.5, 0.6) is 0 Å². The minimum Gasteiger partial charge on any atom is -0.356 e. The fourth-order valence-electron chi connectivity index (χ4n) is 1.94. The molecule has 0 aliphatic heterocycles. The van der Waals surface area contributed by atoms with Gasteiger partial charge in [-0.05, 0) is 23.6 Å². The van der Waals surface area contributed by atoms with Crippen molar-refractivity contribution in [2.45, 2.75) is 20.4 Å². The van der Waals surface area contributed by atoms with Gasteiger partial charge < -0.3 is 15.1 Å². The highest BCUT2D eigenvalue weighted by Gasteiger charge is 2.14. The Balaban J connectivity index is 0.00000625. The number of hydrogen-bond donors (Lipinski definition) is 1. The second-order valence-corrected chi connectivity index (χ2v) is 6.43. The minimum atomic E-state index is -1.49. The van der Waals surface area contributed by atoms with Crippen LogP contribution < -0.4 is 5.32 Å². The van der Waals surface area contributed by atoms with Crippen molar-refractivity contribution in [1.82, 2.24) is 15.1 Å². The van der Waals surface area contributed by atoms with Crippen molar-refractivity contribution in [3.63, 3.8) is 0 Å². The average Bonchev–Trinajstić information content (AvgIpc) is 2.51. The summed E-state index contributed by atoms with van der Waals surface area (Å²) in [6, 6.07) is 1.89. The Morgan fingerprint density at radius 2 is 1.69 bits per heavy atom. The molecule has 0 radical (unpaired) electrons. The number of amides is 1. The van der Waals surface area contributed by atoms with Gasteiger partial charge in [-0.15, -0.1) is 24.0 Å². The summed E-state index contributed by atoms with van der Waals surface area (Å²) in [6.45, 7) is 4.70. The number of aliphatic imine (C=N–C) groups is 1. The molecule has 0 aromatic heterocycles. The molecule has 9 heteroatoms. The van der Waals surface area contributed by atoms with Crippen molar-refractivity contribution < 1.29 is 18.0 Å². The van der Waals surface area contributed by atoms with Gasteiger partial charge in [-0.3, -0.25) is 4.79 Å². The van der Waals surface area contributed by atoms with Crippen LogP contribution in [-0.4, -0.2) is 55.9 Å². The van der Waals surface area contributed by atoms with Gasteiger partial charge in [0.25, 0.3) is 0 Å². The molecule has 0 saturated heterocycles. The molecule has 1 aromatic rings. The fraction of sp³-hybridized carbons (Fsp3) is 0.529. The third-order valence-electron chi connectivity index (χ3n) is 3.36. The number of nitrogens with one attached hydrogen (secondary N) is 1. The maximum absolute atomic E-state index is 13.4. The topological polar surface area (TPSA) is 47.9 Å². The number of carbonyl (C=O) groups is 1. The predicted octanol–water partition coefficient (Wildman–Crippen LogP) is 2.84. The number of carbonyl (C=O) groups excluding carboxylic acids is 1. The Bertz CT molecular complexity index is 615. The zero-order chi connectivity index (χ0) is 19.1. The molecule has 0 heterocycles. The van der Waals surface area contributed by atoms with Gasteiger partial charge in [0, 0.05) is 34.2 Å². The van der Waals surface area contributed by atoms with E-state index >= 15 is 0 Å². The lowest BCUT2D eigenvalue weighted by atomic mass is 10.2. The Labute approximate surface area is 169 Å². The van der Waals surface area contributed by atoms with Crippen molar-refractivity contribution >= 4 is 35.8 Å². The molecular weight excluding hydrogens is 460 g/mol. The Kier molecular flexibility index (Phi) is 10.6. The maximum atomic E-state index is 13.4. The molecule has 0 atom stereocenters. The summed E-state index contributed by atoms with van der Waals surface area (Å²) in [5.41, 5.74) is 0.261. The van der Waals surface area contributed by atoms with Crippen LogP contribution in [0.25, 0.3) is 0 Å². The second-order valence-electron chi connectivity index (χ2n) is 6.43. The van der Waals surface area contributed by atoms with Crippen LogP contribution >= 0.6 is 24.0 Å². The molecule has 1 amide bonds. The van der Waals surface area contributed by atoms with Crippen molar-refractivity contribution in [3.8, 4) is 0 Å². The summed E-state index contributed by atoms with van der Waals surface area (Å²) < 4.78 is 39.8. The van der Waals surface area contributed by atoms with Crippen molar-refractivity contribution in [3.05, 3.63) is 35.1 Å². The highest BCUT2D eigenvalue weighted by molar-refractivity contribution is 14.0. The van der Waals surface area contributed by atoms with Gasteiger partial charge in [-0.2, -0.15) is 0 Å². The summed E-state index contributed by atoms with van der Waals surface area (Å²) in [4.78, 5) is 19.0. The summed E-state index contributed by atoms with van der Waals surface area (Å²) in [7, 11) is 4.94. The smallest absolute Gasteiger partial charge is 0.243 e. The molecule has 0 fully saturated rings. The van der Waals surface area contributed by atoms with Crippen LogP contribution in [0, 0.1) is 23.4 Å². The lowest BCUT2D eigenvalue weighted by molar-refractivity contribution is -0.127. The number of hydrogen-bond acceptors (Lipinski definition) is 2. The third-order valence-corrected chi connectivity index (χ3v) is 3.36. The normalized spacial score (nSPS) is 11.2. The molecule has 0 aliphatic carbocycles. The zero-order valence-corrected chi connectivity index (χ0v) is 18.0. The number of halogens is 4. The molecule has 0 saturated carbocycles. The monoisotopic (exact) mass is 486 g/mol. The predicted molar refractivity (Wildman–Crippen MR) is 107 cm³/mol. The SMILES string of the molecule is CC(C)CNC(=NCC(=O)N(C)C)N(C)Cc1cc(F)c(F)c(F)c1.I. The molecule has 148 valence electrons. The van der Waals surface area contributed by atoms with Crippen LogP contribution in [0.3, 0.4) is 0 Å². The van der Waals surface area contributed by atoms with E-state index in [0.717, 1.165) is 12.1 Å². The lowest BCUT2D eigenvalue weighted by Crippen LogP contribution is -2.41. The van der Waals surface area contributed by atoms with Crippen LogP contribution in [0.15, 0.2) is 17.1 Å². The molecular formula is C17H26F3IN4O. The minimum absolute atomic E-state index is 0. The highest BCUT2D eigenvalue weighted by atomic mass is 127. The first-order chi connectivity index (χ1) is 11.6. The van der Waals surface area contributed by atoms with Crippen LogP contribution in [0.4, 0.5) is 13.2 Å². The summed E-state index contributed by atoms with van der Waals surface area (Å²) >= 11 is 0. The molecule has 0 unspecified atom stereocenters. The maximum Gasteiger partial charge on any atom is 0.243 e. The van der Waals surface area contributed by atoms with Gasteiger partial charge in [0.05, 0.1) is 0 Å². The number of likely N-dealkylation sites (N-methyl/N-ethyl adjacent to an activating group) is 1. The van der Waals surface area contributed by atoms with Crippen LogP contribution in [0.2, 0.25) is 0 Å². The van der Waals surface area contributed by atoms with Gasteiger partial charge in [0.2, 0.25) is 5.91 Å². The fourth-order valence-corrected chi connectivity index (χ4v) is 1.94. The van der Waals surface area contributed by atoms with Crippen LogP contribution in [0.1, 0.15) is 19.4 Å². The third kappa shape index (κ3) is 7.79. The first-order valence-electron chi connectivity index (χ1n) is 7.94. The summed E-state index contributed by atoms with van der Waals surface area (Å²) in [5, 5.41) is 3.12. The first kappa shape index (κ1) is 24.5. The second kappa shape index (κ2) is 11.2. The van der Waals surface area contributed by atoms with Crippen LogP contribution in [-0.2, 0) is 11.3 Å². The van der Waals surface area contributed by atoms with E-state index in [-0.39, 0.29) is 48.5 Å². The van der Waals surface area contributed by atoms with E-state index in [9.17, 15) is 18.0 Å². The lowest BCUT2D eigenvalue weighted by Gasteiger charge is -2.23. The van der Waals surface area contributed by atoms with E-state index in [0.29, 0.717) is 18.4 Å². The number of rotatable bonds is 6. The molecule has 26 heavy (non-hydrogen) atoms. The summed E-state index contributed by atoms with van der Waals surface area (Å²) in [5.74, 6) is -3.37. The molecule has 1 rings (SSSR count). The summed E-state index contributed by atoms with van der Waals surface area (Å²) in [6.07, 6.45) is 0. The average molecular weight is 486 g/mol. The molecule has 1 N–H and O–H groups in total.